The Morgan fingerprint density at radius 1 is 1.26 bits per heavy atom. The van der Waals surface area contributed by atoms with Crippen LogP contribution in [-0.2, 0) is 4.74 Å². The number of aliphatic imine (C=N–C) groups is 1. The lowest BCUT2D eigenvalue weighted by atomic mass is 9.83. The summed E-state index contributed by atoms with van der Waals surface area (Å²) in [6.45, 7) is 10.7. The normalized spacial score (nSPS) is 34.7. The number of ether oxygens (including phenoxy) is 1. The number of hydrogen-bond donors (Lipinski definition) is 1. The summed E-state index contributed by atoms with van der Waals surface area (Å²) in [5.74, 6) is 2.87. The highest BCUT2D eigenvalue weighted by molar-refractivity contribution is 14.0. The predicted molar refractivity (Wildman–Crippen MR) is 107 cm³/mol. The smallest absolute Gasteiger partial charge is 0.193 e. The standard InChI is InChI=1S/C18H33N3O.HI/c1-3-19-17(20-12-16-6-4-15(2)5-7-16)21-10-8-18(13-21)9-11-22-14-18;/h15-16H,3-14H2,1-2H3,(H,19,20);1H. The molecule has 0 amide bonds. The molecule has 5 heteroatoms. The Morgan fingerprint density at radius 3 is 2.70 bits per heavy atom. The SMILES string of the molecule is CCNC(=NCC1CCC(C)CC1)N1CCC2(CCOC2)C1.I. The molecule has 23 heavy (non-hydrogen) atoms. The molecule has 1 aliphatic carbocycles. The van der Waals surface area contributed by atoms with Gasteiger partial charge in [-0.15, -0.1) is 24.0 Å². The molecule has 1 N–H and O–H groups in total. The topological polar surface area (TPSA) is 36.9 Å². The maximum absolute atomic E-state index is 5.65. The molecule has 1 unspecified atom stereocenters. The van der Waals surface area contributed by atoms with Crippen LogP contribution in [0.1, 0.15) is 52.4 Å². The number of guanidine groups is 1. The molecule has 2 heterocycles. The molecule has 3 fully saturated rings. The van der Waals surface area contributed by atoms with Crippen LogP contribution in [0.3, 0.4) is 0 Å². The highest BCUT2D eigenvalue weighted by atomic mass is 127. The molecular weight excluding hydrogens is 401 g/mol. The average molecular weight is 435 g/mol. The van der Waals surface area contributed by atoms with Crippen LogP contribution in [0.2, 0.25) is 0 Å². The van der Waals surface area contributed by atoms with E-state index in [4.69, 9.17) is 9.73 Å². The Kier molecular flexibility index (Phi) is 7.45. The van der Waals surface area contributed by atoms with E-state index in [1.807, 2.05) is 0 Å². The second kappa shape index (κ2) is 8.88. The third-order valence-corrected chi connectivity index (χ3v) is 5.89. The summed E-state index contributed by atoms with van der Waals surface area (Å²) < 4.78 is 5.65. The van der Waals surface area contributed by atoms with Crippen molar-refractivity contribution in [1.82, 2.24) is 10.2 Å². The van der Waals surface area contributed by atoms with Crippen LogP contribution < -0.4 is 5.32 Å². The van der Waals surface area contributed by atoms with E-state index in [9.17, 15) is 0 Å². The zero-order chi connectivity index (χ0) is 15.4. The van der Waals surface area contributed by atoms with Crippen LogP contribution in [0.4, 0.5) is 0 Å². The summed E-state index contributed by atoms with van der Waals surface area (Å²) in [5.41, 5.74) is 0.413. The van der Waals surface area contributed by atoms with Crippen molar-refractivity contribution >= 4 is 29.9 Å². The van der Waals surface area contributed by atoms with Gasteiger partial charge in [-0.05, 0) is 44.4 Å². The molecule has 134 valence electrons. The number of nitrogens with zero attached hydrogens (tertiary/aromatic N) is 2. The molecule has 0 aromatic rings. The van der Waals surface area contributed by atoms with E-state index in [2.05, 4.69) is 24.1 Å². The minimum Gasteiger partial charge on any atom is -0.381 e. The van der Waals surface area contributed by atoms with Crippen molar-refractivity contribution in [3.63, 3.8) is 0 Å². The first-order valence-corrected chi connectivity index (χ1v) is 9.32. The van der Waals surface area contributed by atoms with E-state index in [0.717, 1.165) is 57.2 Å². The molecule has 1 spiro atoms. The highest BCUT2D eigenvalue weighted by Crippen LogP contribution is 2.38. The van der Waals surface area contributed by atoms with Crippen LogP contribution in [0.5, 0.6) is 0 Å². The average Bonchev–Trinajstić information content (AvgIpc) is 3.16. The van der Waals surface area contributed by atoms with Gasteiger partial charge in [0, 0.05) is 38.2 Å². The van der Waals surface area contributed by atoms with Crippen LogP contribution in [0.15, 0.2) is 4.99 Å². The monoisotopic (exact) mass is 435 g/mol. The van der Waals surface area contributed by atoms with Gasteiger partial charge in [0.25, 0.3) is 0 Å². The van der Waals surface area contributed by atoms with E-state index in [1.54, 1.807) is 0 Å². The van der Waals surface area contributed by atoms with Crippen LogP contribution >= 0.6 is 24.0 Å². The van der Waals surface area contributed by atoms with Gasteiger partial charge in [-0.1, -0.05) is 19.8 Å². The Bertz CT molecular complexity index is 388. The number of halogens is 1. The van der Waals surface area contributed by atoms with E-state index in [0.29, 0.717) is 5.41 Å². The van der Waals surface area contributed by atoms with E-state index >= 15 is 0 Å². The van der Waals surface area contributed by atoms with Gasteiger partial charge < -0.3 is 15.0 Å². The fourth-order valence-corrected chi connectivity index (χ4v) is 4.24. The molecular formula is C18H34IN3O. The Labute approximate surface area is 158 Å². The van der Waals surface area contributed by atoms with Gasteiger partial charge >= 0.3 is 0 Å². The van der Waals surface area contributed by atoms with Gasteiger partial charge in [-0.25, -0.2) is 0 Å². The zero-order valence-corrected chi connectivity index (χ0v) is 17.2. The van der Waals surface area contributed by atoms with Gasteiger partial charge in [-0.2, -0.15) is 0 Å². The van der Waals surface area contributed by atoms with Gasteiger partial charge in [0.15, 0.2) is 5.96 Å². The maximum atomic E-state index is 5.65. The third kappa shape index (κ3) is 4.97. The first-order valence-electron chi connectivity index (χ1n) is 9.32. The van der Waals surface area contributed by atoms with Crippen molar-refractivity contribution in [2.45, 2.75) is 52.4 Å². The van der Waals surface area contributed by atoms with Crippen molar-refractivity contribution in [3.05, 3.63) is 0 Å². The second-order valence-corrected chi connectivity index (χ2v) is 7.79. The lowest BCUT2D eigenvalue weighted by Gasteiger charge is -2.27. The summed E-state index contributed by atoms with van der Waals surface area (Å²) in [5, 5.41) is 3.51. The third-order valence-electron chi connectivity index (χ3n) is 5.89. The summed E-state index contributed by atoms with van der Waals surface area (Å²) in [7, 11) is 0. The fraction of sp³-hybridized carbons (Fsp3) is 0.944. The van der Waals surface area contributed by atoms with Crippen molar-refractivity contribution in [2.75, 3.05) is 39.4 Å². The van der Waals surface area contributed by atoms with Crippen molar-refractivity contribution < 1.29 is 4.74 Å². The van der Waals surface area contributed by atoms with E-state index in [-0.39, 0.29) is 24.0 Å². The van der Waals surface area contributed by atoms with Crippen LogP contribution in [0.25, 0.3) is 0 Å². The van der Waals surface area contributed by atoms with Gasteiger partial charge in [0.05, 0.1) is 6.61 Å². The zero-order valence-electron chi connectivity index (χ0n) is 14.9. The lowest BCUT2D eigenvalue weighted by molar-refractivity contribution is 0.156. The predicted octanol–water partition coefficient (Wildman–Crippen LogP) is 3.51. The van der Waals surface area contributed by atoms with Crippen LogP contribution in [0, 0.1) is 17.3 Å². The minimum absolute atomic E-state index is 0. The number of rotatable bonds is 3. The summed E-state index contributed by atoms with van der Waals surface area (Å²) in [4.78, 5) is 7.47. The van der Waals surface area contributed by atoms with Gasteiger partial charge in [0.1, 0.15) is 0 Å². The Balaban J connectivity index is 0.00000192. The molecule has 2 saturated heterocycles. The highest BCUT2D eigenvalue weighted by Gasteiger charge is 2.42. The molecule has 3 rings (SSSR count). The first-order chi connectivity index (χ1) is 10.7. The molecule has 0 aromatic heterocycles. The van der Waals surface area contributed by atoms with Crippen molar-refractivity contribution in [1.29, 1.82) is 0 Å². The first kappa shape index (κ1) is 19.3. The Morgan fingerprint density at radius 2 is 2.04 bits per heavy atom. The number of likely N-dealkylation sites (tertiary alicyclic amines) is 1. The van der Waals surface area contributed by atoms with Gasteiger partial charge in [0.2, 0.25) is 0 Å². The quantitative estimate of drug-likeness (QED) is 0.419. The molecule has 0 aromatic carbocycles. The molecule has 3 aliphatic rings. The summed E-state index contributed by atoms with van der Waals surface area (Å²) in [6.07, 6.45) is 7.99. The largest absolute Gasteiger partial charge is 0.381 e. The Hall–Kier alpha value is -0.0400. The van der Waals surface area contributed by atoms with Crippen molar-refractivity contribution in [2.24, 2.45) is 22.2 Å². The fourth-order valence-electron chi connectivity index (χ4n) is 4.24. The van der Waals surface area contributed by atoms with Gasteiger partial charge in [-0.3, -0.25) is 4.99 Å². The second-order valence-electron chi connectivity index (χ2n) is 7.79. The minimum atomic E-state index is 0. The summed E-state index contributed by atoms with van der Waals surface area (Å²) in [6, 6.07) is 0. The lowest BCUT2D eigenvalue weighted by Crippen LogP contribution is -2.41. The molecule has 2 aliphatic heterocycles. The van der Waals surface area contributed by atoms with Crippen molar-refractivity contribution in [3.8, 4) is 0 Å². The maximum Gasteiger partial charge on any atom is 0.193 e. The van der Waals surface area contributed by atoms with E-state index < -0.39 is 0 Å². The molecule has 4 nitrogen and oxygen atoms in total. The molecule has 0 bridgehead atoms. The number of nitrogens with one attached hydrogen (secondary N) is 1. The molecule has 1 atom stereocenters. The number of hydrogen-bond acceptors (Lipinski definition) is 2. The van der Waals surface area contributed by atoms with E-state index in [1.165, 1.54) is 38.5 Å². The molecule has 0 radical (unpaired) electrons. The summed E-state index contributed by atoms with van der Waals surface area (Å²) >= 11 is 0. The van der Waals surface area contributed by atoms with Crippen LogP contribution in [-0.4, -0.2) is 50.3 Å². The molecule has 1 saturated carbocycles.